The highest BCUT2D eigenvalue weighted by molar-refractivity contribution is 7.89. The molecule has 0 bridgehead atoms. The largest absolute Gasteiger partial charge is 0.328 e. The molecule has 0 radical (unpaired) electrons. The van der Waals surface area contributed by atoms with Crippen LogP contribution in [0, 0.1) is 0 Å². The zero-order chi connectivity index (χ0) is 22.1. The number of imidazole rings is 1. The minimum atomic E-state index is -3.53. The molecule has 3 rings (SSSR count). The Morgan fingerprint density at radius 1 is 1.23 bits per heavy atom. The molecule has 3 aromatic rings. The molecule has 0 aliphatic rings. The lowest BCUT2D eigenvalue weighted by Crippen LogP contribution is -2.22. The van der Waals surface area contributed by atoms with Crippen LogP contribution in [0.4, 0.5) is 5.82 Å². The smallest absolute Gasteiger partial charge is 0.242 e. The molecule has 2 aromatic heterocycles. The molecule has 0 aliphatic heterocycles. The minimum absolute atomic E-state index is 0.122. The molecule has 0 fully saturated rings. The Balaban J connectivity index is 1.80. The van der Waals surface area contributed by atoms with E-state index in [-0.39, 0.29) is 23.3 Å². The summed E-state index contributed by atoms with van der Waals surface area (Å²) in [5.41, 5.74) is 1.46. The lowest BCUT2D eigenvalue weighted by atomic mass is 10.2. The number of hydrogen-bond acceptors (Lipinski definition) is 5. The molecule has 1 amide bonds. The number of amides is 1. The molecule has 1 aromatic carbocycles. The topological polar surface area (TPSA) is 102 Å². The summed E-state index contributed by atoms with van der Waals surface area (Å²) >= 11 is 0. The van der Waals surface area contributed by atoms with Gasteiger partial charge in [0.15, 0.2) is 0 Å². The van der Waals surface area contributed by atoms with E-state index in [0.29, 0.717) is 24.3 Å². The summed E-state index contributed by atoms with van der Waals surface area (Å²) < 4.78 is 29.8. The number of benzene rings is 1. The van der Waals surface area contributed by atoms with Gasteiger partial charge in [-0.25, -0.2) is 22.4 Å². The van der Waals surface area contributed by atoms with Crippen molar-refractivity contribution in [1.82, 2.24) is 23.6 Å². The first kappa shape index (κ1) is 22.0. The van der Waals surface area contributed by atoms with Crippen molar-refractivity contribution in [3.05, 3.63) is 36.3 Å². The third kappa shape index (κ3) is 4.24. The van der Waals surface area contributed by atoms with Crippen LogP contribution in [0.3, 0.4) is 0 Å². The fourth-order valence-corrected chi connectivity index (χ4v) is 4.25. The third-order valence-corrected chi connectivity index (χ3v) is 6.71. The van der Waals surface area contributed by atoms with E-state index in [2.05, 4.69) is 15.4 Å². The second-order valence-electron chi connectivity index (χ2n) is 7.51. The predicted octanol–water partition coefficient (Wildman–Crippen LogP) is 2.66. The maximum atomic E-state index is 12.5. The summed E-state index contributed by atoms with van der Waals surface area (Å²) in [7, 11) is -0.534. The minimum Gasteiger partial charge on any atom is -0.328 e. The Morgan fingerprint density at radius 3 is 2.60 bits per heavy atom. The Bertz CT molecular complexity index is 1160. The second kappa shape index (κ2) is 8.57. The number of carbonyl (C=O) groups excluding carboxylic acids is 1. The first-order valence-electron chi connectivity index (χ1n) is 9.90. The molecule has 0 unspecified atom stereocenters. The molecule has 2 heterocycles. The average molecular weight is 433 g/mol. The number of sulfonamides is 1. The van der Waals surface area contributed by atoms with Crippen LogP contribution in [0.15, 0.2) is 35.4 Å². The number of nitrogens with zero attached hydrogens (tertiary/aromatic N) is 5. The lowest BCUT2D eigenvalue weighted by molar-refractivity contribution is -0.116. The van der Waals surface area contributed by atoms with Crippen molar-refractivity contribution >= 4 is 32.8 Å². The van der Waals surface area contributed by atoms with Gasteiger partial charge in [-0.1, -0.05) is 0 Å². The van der Waals surface area contributed by atoms with E-state index in [1.165, 1.54) is 18.4 Å². The zero-order valence-corrected chi connectivity index (χ0v) is 18.8. The molecule has 9 nitrogen and oxygen atoms in total. The Kier molecular flexibility index (Phi) is 6.27. The van der Waals surface area contributed by atoms with E-state index >= 15 is 0 Å². The van der Waals surface area contributed by atoms with Crippen LogP contribution >= 0.6 is 0 Å². The van der Waals surface area contributed by atoms with Crippen LogP contribution in [0.25, 0.3) is 11.0 Å². The van der Waals surface area contributed by atoms with Gasteiger partial charge in [-0.2, -0.15) is 5.10 Å². The molecule has 30 heavy (non-hydrogen) atoms. The van der Waals surface area contributed by atoms with Crippen molar-refractivity contribution in [3.8, 4) is 0 Å². The summed E-state index contributed by atoms with van der Waals surface area (Å²) in [5, 5.41) is 7.11. The van der Waals surface area contributed by atoms with Crippen molar-refractivity contribution in [2.45, 2.75) is 51.1 Å². The number of nitrogens with one attached hydrogen (secondary N) is 1. The summed E-state index contributed by atoms with van der Waals surface area (Å²) in [5.74, 6) is 1.29. The maximum Gasteiger partial charge on any atom is 0.242 e. The summed E-state index contributed by atoms with van der Waals surface area (Å²) in [6, 6.07) is 6.86. The fraction of sp³-hybridized carbons (Fsp3) is 0.450. The van der Waals surface area contributed by atoms with Crippen LogP contribution in [-0.4, -0.2) is 52.1 Å². The highest BCUT2D eigenvalue weighted by atomic mass is 32.2. The van der Waals surface area contributed by atoms with E-state index in [1.54, 1.807) is 35.1 Å². The molecular formula is C20H28N6O3S. The number of carbonyl (C=O) groups is 1. The zero-order valence-electron chi connectivity index (χ0n) is 18.0. The molecule has 0 saturated carbocycles. The van der Waals surface area contributed by atoms with Crippen LogP contribution in [-0.2, 0) is 27.8 Å². The highest BCUT2D eigenvalue weighted by Gasteiger charge is 2.20. The molecule has 0 saturated heterocycles. The molecule has 10 heteroatoms. The molecular weight excluding hydrogens is 404 g/mol. The SMILES string of the molecule is CCn1c(CCC(=O)Nc2ccnn2C(C)C)nc2cc(S(=O)(=O)N(C)C)ccc21. The van der Waals surface area contributed by atoms with E-state index in [9.17, 15) is 13.2 Å². The Labute approximate surface area is 176 Å². The monoisotopic (exact) mass is 432 g/mol. The van der Waals surface area contributed by atoms with Gasteiger partial charge >= 0.3 is 0 Å². The standard InChI is InChI=1S/C20H28N6O3S/c1-6-25-17-8-7-15(30(28,29)24(4)5)13-16(17)22-18(25)9-10-20(27)23-19-11-12-21-26(19)14(2)3/h7-8,11-14H,6,9-10H2,1-5H3,(H,23,27). The summed E-state index contributed by atoms with van der Waals surface area (Å²) in [6.07, 6.45) is 2.36. The lowest BCUT2D eigenvalue weighted by Gasteiger charge is -2.12. The van der Waals surface area contributed by atoms with Crippen molar-refractivity contribution in [1.29, 1.82) is 0 Å². The number of fused-ring (bicyclic) bond motifs is 1. The van der Waals surface area contributed by atoms with Crippen molar-refractivity contribution in [2.24, 2.45) is 0 Å². The second-order valence-corrected chi connectivity index (χ2v) is 9.67. The number of rotatable bonds is 8. The highest BCUT2D eigenvalue weighted by Crippen LogP contribution is 2.23. The van der Waals surface area contributed by atoms with Gasteiger partial charge in [0.05, 0.1) is 22.1 Å². The molecule has 1 N–H and O–H groups in total. The third-order valence-electron chi connectivity index (χ3n) is 4.90. The fourth-order valence-electron chi connectivity index (χ4n) is 3.33. The van der Waals surface area contributed by atoms with Gasteiger partial charge in [0.1, 0.15) is 11.6 Å². The van der Waals surface area contributed by atoms with Gasteiger partial charge in [-0.15, -0.1) is 0 Å². The van der Waals surface area contributed by atoms with Gasteiger partial charge < -0.3 is 9.88 Å². The predicted molar refractivity (Wildman–Crippen MR) is 116 cm³/mol. The van der Waals surface area contributed by atoms with E-state index in [4.69, 9.17) is 0 Å². The number of hydrogen-bond donors (Lipinski definition) is 1. The number of anilines is 1. The maximum absolute atomic E-state index is 12.5. The van der Waals surface area contributed by atoms with E-state index < -0.39 is 10.0 Å². The van der Waals surface area contributed by atoms with Gasteiger partial charge in [0, 0.05) is 45.6 Å². The van der Waals surface area contributed by atoms with Crippen molar-refractivity contribution in [2.75, 3.05) is 19.4 Å². The van der Waals surface area contributed by atoms with E-state index in [1.807, 2.05) is 25.3 Å². The van der Waals surface area contributed by atoms with E-state index in [0.717, 1.165) is 11.3 Å². The Hall–Kier alpha value is -2.72. The number of aryl methyl sites for hydroxylation is 2. The van der Waals surface area contributed by atoms with Gasteiger partial charge in [0.25, 0.3) is 0 Å². The van der Waals surface area contributed by atoms with Crippen molar-refractivity contribution < 1.29 is 13.2 Å². The molecule has 0 atom stereocenters. The normalized spacial score (nSPS) is 12.2. The molecule has 0 aliphatic carbocycles. The first-order valence-corrected chi connectivity index (χ1v) is 11.3. The van der Waals surface area contributed by atoms with Crippen LogP contribution in [0.2, 0.25) is 0 Å². The quantitative estimate of drug-likeness (QED) is 0.590. The van der Waals surface area contributed by atoms with Crippen LogP contribution in [0.5, 0.6) is 0 Å². The average Bonchev–Trinajstić information content (AvgIpc) is 3.29. The number of aromatic nitrogens is 4. The van der Waals surface area contributed by atoms with Crippen LogP contribution in [0.1, 0.15) is 39.1 Å². The van der Waals surface area contributed by atoms with Crippen molar-refractivity contribution in [3.63, 3.8) is 0 Å². The van der Waals surface area contributed by atoms with Gasteiger partial charge in [-0.05, 0) is 39.0 Å². The van der Waals surface area contributed by atoms with Gasteiger partial charge in [-0.3, -0.25) is 4.79 Å². The molecule has 162 valence electrons. The summed E-state index contributed by atoms with van der Waals surface area (Å²) in [4.78, 5) is 17.3. The van der Waals surface area contributed by atoms with Gasteiger partial charge in [0.2, 0.25) is 15.9 Å². The summed E-state index contributed by atoms with van der Waals surface area (Å²) in [6.45, 7) is 6.66. The first-order chi connectivity index (χ1) is 14.1. The van der Waals surface area contributed by atoms with Crippen LogP contribution < -0.4 is 5.32 Å². The Morgan fingerprint density at radius 2 is 1.97 bits per heavy atom. The molecule has 0 spiro atoms.